The monoisotopic (exact) mass is 527 g/mol. The molecule has 0 saturated carbocycles. The number of fused-ring (bicyclic) bond motifs is 2. The molecule has 35 heavy (non-hydrogen) atoms. The summed E-state index contributed by atoms with van der Waals surface area (Å²) in [5.41, 5.74) is 2.41. The summed E-state index contributed by atoms with van der Waals surface area (Å²) in [6, 6.07) is 7.75. The molecule has 0 radical (unpaired) electrons. The quantitative estimate of drug-likeness (QED) is 0.282. The number of nitrogens with zero attached hydrogens (tertiary/aromatic N) is 2. The van der Waals surface area contributed by atoms with E-state index in [0.717, 1.165) is 52.8 Å². The van der Waals surface area contributed by atoms with E-state index in [1.807, 2.05) is 28.8 Å². The van der Waals surface area contributed by atoms with E-state index in [1.54, 1.807) is 0 Å². The average molecular weight is 528 g/mol. The highest BCUT2D eigenvalue weighted by atomic mass is 32.2. The number of terminal acetylenes is 1. The van der Waals surface area contributed by atoms with Gasteiger partial charge in [0.05, 0.1) is 40.9 Å². The van der Waals surface area contributed by atoms with Gasteiger partial charge in [-0.25, -0.2) is 4.79 Å². The third kappa shape index (κ3) is 5.86. The Hall–Kier alpha value is -2.87. The van der Waals surface area contributed by atoms with Crippen LogP contribution in [0.2, 0.25) is 0 Å². The Bertz CT molecular complexity index is 1380. The van der Waals surface area contributed by atoms with Gasteiger partial charge in [-0.2, -0.15) is 4.99 Å². The van der Waals surface area contributed by atoms with Crippen LogP contribution >= 0.6 is 34.4 Å². The predicted molar refractivity (Wildman–Crippen MR) is 142 cm³/mol. The van der Waals surface area contributed by atoms with Gasteiger partial charge in [-0.3, -0.25) is 9.59 Å². The van der Waals surface area contributed by atoms with Crippen molar-refractivity contribution in [3.63, 3.8) is 0 Å². The Balaban J connectivity index is 1.40. The van der Waals surface area contributed by atoms with Gasteiger partial charge in [-0.15, -0.1) is 29.5 Å². The van der Waals surface area contributed by atoms with Gasteiger partial charge in [0.1, 0.15) is 5.00 Å². The highest BCUT2D eigenvalue weighted by molar-refractivity contribution is 8.00. The van der Waals surface area contributed by atoms with Gasteiger partial charge in [0, 0.05) is 4.88 Å². The zero-order valence-corrected chi connectivity index (χ0v) is 21.7. The zero-order valence-electron chi connectivity index (χ0n) is 19.3. The first-order chi connectivity index (χ1) is 17.0. The molecule has 0 bridgehead atoms. The maximum atomic E-state index is 12.6. The number of thiophene rings is 1. The molecule has 0 atom stereocenters. The number of aryl methyl sites for hydroxylation is 1. The number of amides is 2. The fraction of sp³-hybridized carbons (Fsp3) is 0.360. The van der Waals surface area contributed by atoms with Gasteiger partial charge >= 0.3 is 5.97 Å². The number of methoxy groups -OCH3 is 1. The van der Waals surface area contributed by atoms with Crippen molar-refractivity contribution in [2.45, 2.75) is 38.6 Å². The van der Waals surface area contributed by atoms with Crippen LogP contribution in [0, 0.1) is 12.3 Å². The predicted octanol–water partition coefficient (Wildman–Crippen LogP) is 4.25. The van der Waals surface area contributed by atoms with Gasteiger partial charge in [-0.05, 0) is 43.4 Å². The van der Waals surface area contributed by atoms with Gasteiger partial charge in [0.15, 0.2) is 4.80 Å². The van der Waals surface area contributed by atoms with Crippen LogP contribution in [0.3, 0.4) is 0 Å². The highest BCUT2D eigenvalue weighted by Crippen LogP contribution is 2.38. The van der Waals surface area contributed by atoms with Crippen molar-refractivity contribution in [1.29, 1.82) is 0 Å². The van der Waals surface area contributed by atoms with E-state index in [0.29, 0.717) is 21.9 Å². The molecule has 1 aromatic carbocycles. The molecule has 3 aromatic rings. The standard InChI is InChI=1S/C25H25N3O4S3/c1-3-13-28-17-10-7-8-12-19(17)35-25(28)27-21(30)15-33-14-20(29)26-23-22(24(31)32-2)16-9-5-4-6-11-18(16)34-23/h1,7-8,10,12H,4-6,9,11,13-15H2,2H3,(H,26,29). The van der Waals surface area contributed by atoms with Crippen LogP contribution in [-0.2, 0) is 33.7 Å². The minimum atomic E-state index is -0.426. The molecule has 0 fully saturated rings. The second kappa shape index (κ2) is 11.7. The van der Waals surface area contributed by atoms with Crippen molar-refractivity contribution in [2.75, 3.05) is 23.9 Å². The molecule has 2 heterocycles. The highest BCUT2D eigenvalue weighted by Gasteiger charge is 2.26. The molecule has 182 valence electrons. The van der Waals surface area contributed by atoms with Gasteiger partial charge < -0.3 is 14.6 Å². The molecule has 2 amide bonds. The minimum absolute atomic E-state index is 0.0581. The summed E-state index contributed by atoms with van der Waals surface area (Å²) >= 11 is 4.04. The van der Waals surface area contributed by atoms with E-state index in [4.69, 9.17) is 11.2 Å². The maximum absolute atomic E-state index is 12.6. The van der Waals surface area contributed by atoms with Gasteiger partial charge in [0.25, 0.3) is 5.91 Å². The number of rotatable bonds is 7. The summed E-state index contributed by atoms with van der Waals surface area (Å²) in [6.07, 6.45) is 10.4. The molecule has 0 saturated heterocycles. The number of carbonyl (C=O) groups excluding carboxylic acids is 3. The number of benzene rings is 1. The topological polar surface area (TPSA) is 89.8 Å². The molecule has 10 heteroatoms. The van der Waals surface area contributed by atoms with E-state index in [1.165, 1.54) is 41.5 Å². The molecule has 1 N–H and O–H groups in total. The number of para-hydroxylation sites is 1. The van der Waals surface area contributed by atoms with Crippen LogP contribution in [0.25, 0.3) is 10.2 Å². The summed E-state index contributed by atoms with van der Waals surface area (Å²) in [4.78, 5) is 43.5. The zero-order chi connectivity index (χ0) is 24.8. The maximum Gasteiger partial charge on any atom is 0.341 e. The second-order valence-electron chi connectivity index (χ2n) is 7.95. The van der Waals surface area contributed by atoms with E-state index in [2.05, 4.69) is 16.2 Å². The number of carbonyl (C=O) groups is 3. The molecule has 1 aliphatic carbocycles. The van der Waals surface area contributed by atoms with Crippen LogP contribution in [0.1, 0.15) is 40.1 Å². The number of nitrogens with one attached hydrogen (secondary N) is 1. The normalized spacial score (nSPS) is 13.7. The summed E-state index contributed by atoms with van der Waals surface area (Å²) in [6.45, 7) is 0.318. The van der Waals surface area contributed by atoms with Crippen LogP contribution in [0.4, 0.5) is 5.00 Å². The lowest BCUT2D eigenvalue weighted by Crippen LogP contribution is -2.19. The molecule has 2 aromatic heterocycles. The van der Waals surface area contributed by atoms with Crippen molar-refractivity contribution in [3.05, 3.63) is 45.1 Å². The number of hydrogen-bond donors (Lipinski definition) is 1. The van der Waals surface area contributed by atoms with E-state index < -0.39 is 5.97 Å². The van der Waals surface area contributed by atoms with Crippen LogP contribution < -0.4 is 10.1 Å². The third-order valence-electron chi connectivity index (χ3n) is 5.58. The van der Waals surface area contributed by atoms with Crippen molar-refractivity contribution >= 4 is 67.4 Å². The average Bonchev–Trinajstić information content (AvgIpc) is 3.26. The summed E-state index contributed by atoms with van der Waals surface area (Å²) in [5.74, 6) is 1.70. The lowest BCUT2D eigenvalue weighted by atomic mass is 10.1. The number of ether oxygens (including phenoxy) is 1. The summed E-state index contributed by atoms with van der Waals surface area (Å²) in [5, 5.41) is 3.40. The number of hydrogen-bond acceptors (Lipinski definition) is 7. The first-order valence-corrected chi connectivity index (χ1v) is 14.0. The summed E-state index contributed by atoms with van der Waals surface area (Å²) in [7, 11) is 1.35. The Labute approximate surface area is 215 Å². The molecule has 7 nitrogen and oxygen atoms in total. The lowest BCUT2D eigenvalue weighted by molar-refractivity contribution is -0.115. The van der Waals surface area contributed by atoms with Crippen LogP contribution in [-0.4, -0.2) is 41.0 Å². The smallest absolute Gasteiger partial charge is 0.341 e. The molecule has 0 unspecified atom stereocenters. The van der Waals surface area contributed by atoms with Crippen LogP contribution in [0.15, 0.2) is 29.3 Å². The third-order valence-corrected chi connectivity index (χ3v) is 8.76. The SMILES string of the molecule is C#CCn1c(=NC(=O)CSCC(=O)Nc2sc3c(c2C(=O)OC)CCCCC3)sc2ccccc21. The molecule has 0 aliphatic heterocycles. The number of aromatic nitrogens is 1. The minimum Gasteiger partial charge on any atom is -0.465 e. The van der Waals surface area contributed by atoms with Crippen molar-refractivity contribution in [3.8, 4) is 12.3 Å². The van der Waals surface area contributed by atoms with E-state index in [9.17, 15) is 14.4 Å². The van der Waals surface area contributed by atoms with Gasteiger partial charge in [-0.1, -0.05) is 35.8 Å². The number of esters is 1. The van der Waals surface area contributed by atoms with Crippen LogP contribution in [0.5, 0.6) is 0 Å². The largest absolute Gasteiger partial charge is 0.465 e. The first-order valence-electron chi connectivity index (χ1n) is 11.2. The Morgan fingerprint density at radius 2 is 1.97 bits per heavy atom. The van der Waals surface area contributed by atoms with Crippen molar-refractivity contribution < 1.29 is 19.1 Å². The van der Waals surface area contributed by atoms with Gasteiger partial charge in [0.2, 0.25) is 5.91 Å². The first kappa shape index (κ1) is 25.2. The Morgan fingerprint density at radius 3 is 2.77 bits per heavy atom. The second-order valence-corrected chi connectivity index (χ2v) is 11.0. The lowest BCUT2D eigenvalue weighted by Gasteiger charge is -2.07. The number of anilines is 1. The van der Waals surface area contributed by atoms with E-state index >= 15 is 0 Å². The number of thiazole rings is 1. The fourth-order valence-corrected chi connectivity index (χ4v) is 6.97. The molecule has 0 spiro atoms. The van der Waals surface area contributed by atoms with Crippen molar-refractivity contribution in [2.24, 2.45) is 4.99 Å². The summed E-state index contributed by atoms with van der Waals surface area (Å²) < 4.78 is 7.82. The molecule has 4 rings (SSSR count). The Kier molecular flexibility index (Phi) is 8.44. The molecule has 1 aliphatic rings. The molecular weight excluding hydrogens is 502 g/mol. The van der Waals surface area contributed by atoms with E-state index in [-0.39, 0.29) is 23.3 Å². The number of thioether (sulfide) groups is 1. The van der Waals surface area contributed by atoms with Crippen molar-refractivity contribution in [1.82, 2.24) is 4.57 Å². The Morgan fingerprint density at radius 1 is 1.17 bits per heavy atom. The fourth-order valence-electron chi connectivity index (χ4n) is 4.03. The molecular formula is C25H25N3O4S3.